The summed E-state index contributed by atoms with van der Waals surface area (Å²) in [7, 11) is 0. The van der Waals surface area contributed by atoms with Crippen molar-refractivity contribution in [3.05, 3.63) is 46.8 Å². The molecule has 0 aliphatic carbocycles. The summed E-state index contributed by atoms with van der Waals surface area (Å²) >= 11 is 0. The number of carbonyl (C=O) groups is 1. The average molecular weight is 378 g/mol. The zero-order valence-corrected chi connectivity index (χ0v) is 15.1. The lowest BCUT2D eigenvalue weighted by Crippen LogP contribution is -2.15. The van der Waals surface area contributed by atoms with Crippen molar-refractivity contribution < 1.29 is 22.5 Å². The first-order chi connectivity index (χ1) is 12.4. The Morgan fingerprint density at radius 2 is 1.89 bits per heavy atom. The maximum Gasteiger partial charge on any atom is 0.416 e. The number of nitrogens with zero attached hydrogens (tertiary/aromatic N) is 3. The number of halogens is 3. The van der Waals surface area contributed by atoms with Gasteiger partial charge >= 0.3 is 6.18 Å². The van der Waals surface area contributed by atoms with Crippen molar-refractivity contribution in [2.75, 3.05) is 5.43 Å². The molecule has 0 saturated heterocycles. The minimum Gasteiger partial charge on any atom is -0.360 e. The second-order valence-electron chi connectivity index (χ2n) is 6.93. The van der Waals surface area contributed by atoms with E-state index in [0.717, 1.165) is 12.1 Å². The van der Waals surface area contributed by atoms with Crippen LogP contribution in [-0.2, 0) is 11.6 Å². The summed E-state index contributed by atoms with van der Waals surface area (Å²) in [6.45, 7) is 7.07. The summed E-state index contributed by atoms with van der Waals surface area (Å²) in [5.74, 6) is -0.349. The van der Waals surface area contributed by atoms with Gasteiger partial charge in [-0.3, -0.25) is 10.2 Å². The van der Waals surface area contributed by atoms with Crippen LogP contribution in [-0.4, -0.2) is 16.7 Å². The van der Waals surface area contributed by atoms with E-state index in [2.05, 4.69) is 15.7 Å². The molecule has 0 fully saturated rings. The first-order valence-electron chi connectivity index (χ1n) is 7.86. The van der Waals surface area contributed by atoms with Gasteiger partial charge in [-0.15, -0.1) is 0 Å². The van der Waals surface area contributed by atoms with Gasteiger partial charge in [0.05, 0.1) is 11.3 Å². The summed E-state index contributed by atoms with van der Waals surface area (Å²) in [6, 6.07) is 6.25. The predicted molar refractivity (Wildman–Crippen MR) is 92.4 cm³/mol. The van der Waals surface area contributed by atoms with Gasteiger partial charge in [0.1, 0.15) is 11.8 Å². The van der Waals surface area contributed by atoms with Crippen molar-refractivity contribution in [2.24, 2.45) is 5.10 Å². The standard InChI is InChI=1S/C18H17F3N4O2/c1-10-5-11(18(19,20)21)7-12(6-10)23-24-14(9-22)16(26)13-8-15(27-25-13)17(2,3)4/h5-8,23H,1-4H3/b24-14+. The quantitative estimate of drug-likeness (QED) is 0.481. The second-order valence-corrected chi connectivity index (χ2v) is 6.93. The van der Waals surface area contributed by atoms with E-state index in [1.807, 2.05) is 20.8 Å². The van der Waals surface area contributed by atoms with E-state index in [-0.39, 0.29) is 16.8 Å². The zero-order chi connectivity index (χ0) is 20.4. The van der Waals surface area contributed by atoms with Crippen molar-refractivity contribution in [1.82, 2.24) is 5.16 Å². The molecule has 1 heterocycles. The van der Waals surface area contributed by atoms with Crippen molar-refractivity contribution >= 4 is 17.2 Å². The topological polar surface area (TPSA) is 91.3 Å². The van der Waals surface area contributed by atoms with Crippen LogP contribution in [0, 0.1) is 18.3 Å². The molecule has 0 atom stereocenters. The van der Waals surface area contributed by atoms with Gasteiger partial charge in [-0.1, -0.05) is 25.9 Å². The van der Waals surface area contributed by atoms with E-state index in [0.29, 0.717) is 11.3 Å². The fraction of sp³-hybridized carbons (Fsp3) is 0.333. The van der Waals surface area contributed by atoms with Crippen LogP contribution in [0.1, 0.15) is 48.1 Å². The predicted octanol–water partition coefficient (Wildman–Crippen LogP) is 4.47. The molecule has 0 spiro atoms. The Morgan fingerprint density at radius 1 is 1.22 bits per heavy atom. The molecular formula is C18H17F3N4O2. The molecule has 142 valence electrons. The lowest BCUT2D eigenvalue weighted by atomic mass is 9.93. The van der Waals surface area contributed by atoms with E-state index >= 15 is 0 Å². The second kappa shape index (κ2) is 7.23. The maximum absolute atomic E-state index is 12.9. The van der Waals surface area contributed by atoms with E-state index in [1.165, 1.54) is 19.1 Å². The highest BCUT2D eigenvalue weighted by molar-refractivity contribution is 6.51. The summed E-state index contributed by atoms with van der Waals surface area (Å²) in [6.07, 6.45) is -4.52. The molecule has 0 aliphatic rings. The molecule has 6 nitrogen and oxygen atoms in total. The number of Topliss-reactive ketones (excluding diaryl/α,β-unsaturated/α-hetero) is 1. The SMILES string of the molecule is Cc1cc(N/N=C(\C#N)C(=O)c2cc(C(C)(C)C)on2)cc(C(F)(F)F)c1. The van der Waals surface area contributed by atoms with E-state index in [4.69, 9.17) is 9.78 Å². The highest BCUT2D eigenvalue weighted by Crippen LogP contribution is 2.31. The molecule has 0 radical (unpaired) electrons. The molecule has 0 amide bonds. The van der Waals surface area contributed by atoms with Crippen molar-refractivity contribution in [3.8, 4) is 6.07 Å². The number of ketones is 1. The lowest BCUT2D eigenvalue weighted by Gasteiger charge is -2.12. The molecule has 0 saturated carbocycles. The Bertz CT molecular complexity index is 931. The molecule has 2 rings (SSSR count). The first-order valence-corrected chi connectivity index (χ1v) is 7.86. The van der Waals surface area contributed by atoms with Crippen LogP contribution in [0.5, 0.6) is 0 Å². The Balaban J connectivity index is 2.27. The molecule has 0 aliphatic heterocycles. The van der Waals surface area contributed by atoms with Gasteiger partial charge < -0.3 is 4.52 Å². The number of alkyl halides is 3. The number of benzene rings is 1. The van der Waals surface area contributed by atoms with Gasteiger partial charge in [-0.2, -0.15) is 23.5 Å². The normalized spacial score (nSPS) is 12.6. The number of anilines is 1. The fourth-order valence-electron chi connectivity index (χ4n) is 2.12. The third-order valence-corrected chi connectivity index (χ3v) is 3.50. The maximum atomic E-state index is 12.9. The van der Waals surface area contributed by atoms with Crippen LogP contribution in [0.25, 0.3) is 0 Å². The summed E-state index contributed by atoms with van der Waals surface area (Å²) in [4.78, 5) is 12.3. The number of nitrogens with one attached hydrogen (secondary N) is 1. The molecule has 0 unspecified atom stereocenters. The van der Waals surface area contributed by atoms with Gasteiger partial charge in [-0.25, -0.2) is 0 Å². The molecule has 1 aromatic carbocycles. The summed E-state index contributed by atoms with van der Waals surface area (Å²) < 4.78 is 43.7. The van der Waals surface area contributed by atoms with Crippen LogP contribution < -0.4 is 5.43 Å². The molecule has 2 aromatic rings. The third-order valence-electron chi connectivity index (χ3n) is 3.50. The van der Waals surface area contributed by atoms with E-state index < -0.39 is 23.2 Å². The Kier molecular flexibility index (Phi) is 5.40. The van der Waals surface area contributed by atoms with Crippen LogP contribution in [0.15, 0.2) is 33.9 Å². The first kappa shape index (κ1) is 20.2. The molecular weight excluding hydrogens is 361 g/mol. The van der Waals surface area contributed by atoms with Crippen LogP contribution in [0.2, 0.25) is 0 Å². The van der Waals surface area contributed by atoms with Crippen molar-refractivity contribution in [3.63, 3.8) is 0 Å². The zero-order valence-electron chi connectivity index (χ0n) is 15.1. The van der Waals surface area contributed by atoms with Crippen LogP contribution in [0.3, 0.4) is 0 Å². The molecule has 9 heteroatoms. The van der Waals surface area contributed by atoms with Crippen LogP contribution in [0.4, 0.5) is 18.9 Å². The van der Waals surface area contributed by atoms with Gasteiger partial charge in [0, 0.05) is 11.5 Å². The van der Waals surface area contributed by atoms with E-state index in [1.54, 1.807) is 6.07 Å². The third kappa shape index (κ3) is 4.94. The number of carbonyl (C=O) groups excluding carboxylic acids is 1. The monoisotopic (exact) mass is 378 g/mol. The minimum absolute atomic E-state index is 0.00147. The number of aromatic nitrogens is 1. The number of hydrazone groups is 1. The van der Waals surface area contributed by atoms with Gasteiger partial charge in [0.15, 0.2) is 5.69 Å². The van der Waals surface area contributed by atoms with Gasteiger partial charge in [-0.05, 0) is 30.7 Å². The highest BCUT2D eigenvalue weighted by atomic mass is 19.4. The summed E-state index contributed by atoms with van der Waals surface area (Å²) in [5, 5.41) is 16.4. The highest BCUT2D eigenvalue weighted by Gasteiger charge is 2.31. The van der Waals surface area contributed by atoms with Crippen molar-refractivity contribution in [2.45, 2.75) is 39.3 Å². The molecule has 0 bridgehead atoms. The Hall–Kier alpha value is -3.15. The molecule has 1 aromatic heterocycles. The number of rotatable bonds is 4. The summed E-state index contributed by atoms with van der Waals surface area (Å²) in [5.41, 5.74) is 0.752. The number of hydrogen-bond donors (Lipinski definition) is 1. The average Bonchev–Trinajstić information content (AvgIpc) is 3.04. The molecule has 1 N–H and O–H groups in total. The number of nitriles is 1. The smallest absolute Gasteiger partial charge is 0.360 e. The van der Waals surface area contributed by atoms with E-state index in [9.17, 15) is 18.0 Å². The Labute approximate surface area is 153 Å². The fourth-order valence-corrected chi connectivity index (χ4v) is 2.12. The van der Waals surface area contributed by atoms with Gasteiger partial charge in [0.25, 0.3) is 0 Å². The minimum atomic E-state index is -4.52. The number of aryl methyl sites for hydroxylation is 1. The Morgan fingerprint density at radius 3 is 2.41 bits per heavy atom. The van der Waals surface area contributed by atoms with Crippen molar-refractivity contribution in [1.29, 1.82) is 5.26 Å². The molecule has 27 heavy (non-hydrogen) atoms. The largest absolute Gasteiger partial charge is 0.416 e. The van der Waals surface area contributed by atoms with Crippen LogP contribution >= 0.6 is 0 Å². The van der Waals surface area contributed by atoms with Gasteiger partial charge in [0.2, 0.25) is 11.5 Å². The number of hydrogen-bond acceptors (Lipinski definition) is 6. The lowest BCUT2D eigenvalue weighted by molar-refractivity contribution is -0.137.